The molecule has 25 heavy (non-hydrogen) atoms. The zero-order valence-electron chi connectivity index (χ0n) is 15.8. The Morgan fingerprint density at radius 1 is 0.920 bits per heavy atom. The molecule has 1 fully saturated rings. The van der Waals surface area contributed by atoms with E-state index >= 15 is 0 Å². The fraction of sp³-hybridized carbons (Fsp3) is 0.900. The summed E-state index contributed by atoms with van der Waals surface area (Å²) in [5, 5.41) is 28.7. The van der Waals surface area contributed by atoms with Crippen molar-refractivity contribution in [1.82, 2.24) is 0 Å². The maximum absolute atomic E-state index is 9.94. The van der Waals surface area contributed by atoms with Gasteiger partial charge in [0.1, 0.15) is 24.4 Å². The highest BCUT2D eigenvalue weighted by atomic mass is 16.6. The van der Waals surface area contributed by atoms with Crippen LogP contribution in [0.3, 0.4) is 0 Å². The minimum absolute atomic E-state index is 0.190. The van der Waals surface area contributed by atoms with Crippen molar-refractivity contribution in [2.45, 2.75) is 95.5 Å². The van der Waals surface area contributed by atoms with Gasteiger partial charge < -0.3 is 24.8 Å². The fourth-order valence-corrected chi connectivity index (χ4v) is 3.10. The van der Waals surface area contributed by atoms with E-state index in [1.165, 1.54) is 57.8 Å². The van der Waals surface area contributed by atoms with Crippen LogP contribution >= 0.6 is 0 Å². The lowest BCUT2D eigenvalue weighted by Crippen LogP contribution is -2.54. The van der Waals surface area contributed by atoms with Gasteiger partial charge in [-0.1, -0.05) is 70.4 Å². The molecule has 0 saturated carbocycles. The molecule has 5 nitrogen and oxygen atoms in total. The standard InChI is InChI=1S/C20H38O5/c1-2-3-4-5-6-7-8-9-10-11-12-13-14-24-18-16-25-17(15-21)19(22)20(18)23/h12-13,17-23H,2-11,14-16H2,1H3/b13-12+/t17-,18+,19-,20-/m1/s1. The predicted octanol–water partition coefficient (Wildman–Crippen LogP) is 2.96. The average molecular weight is 359 g/mol. The van der Waals surface area contributed by atoms with Gasteiger partial charge in [0.15, 0.2) is 0 Å². The van der Waals surface area contributed by atoms with Gasteiger partial charge in [-0.05, 0) is 12.8 Å². The molecule has 0 spiro atoms. The van der Waals surface area contributed by atoms with E-state index in [0.29, 0.717) is 6.61 Å². The van der Waals surface area contributed by atoms with Crippen LogP contribution in [0.1, 0.15) is 71.1 Å². The van der Waals surface area contributed by atoms with Crippen LogP contribution in [0.25, 0.3) is 0 Å². The predicted molar refractivity (Wildman–Crippen MR) is 99.6 cm³/mol. The smallest absolute Gasteiger partial charge is 0.111 e. The van der Waals surface area contributed by atoms with E-state index in [1.54, 1.807) is 0 Å². The Balaban J connectivity index is 1.95. The fourth-order valence-electron chi connectivity index (χ4n) is 3.10. The Hall–Kier alpha value is -0.460. The van der Waals surface area contributed by atoms with Gasteiger partial charge in [-0.15, -0.1) is 0 Å². The summed E-state index contributed by atoms with van der Waals surface area (Å²) in [7, 11) is 0. The molecule has 0 bridgehead atoms. The van der Waals surface area contributed by atoms with Gasteiger partial charge in [-0.3, -0.25) is 0 Å². The van der Waals surface area contributed by atoms with Gasteiger partial charge in [0.05, 0.1) is 19.8 Å². The van der Waals surface area contributed by atoms with E-state index in [0.717, 1.165) is 6.42 Å². The summed E-state index contributed by atoms with van der Waals surface area (Å²) in [6.07, 6.45) is 13.7. The third-order valence-electron chi connectivity index (χ3n) is 4.81. The number of rotatable bonds is 14. The second-order valence-electron chi connectivity index (χ2n) is 7.00. The Bertz CT molecular complexity index is 334. The minimum atomic E-state index is -1.10. The summed E-state index contributed by atoms with van der Waals surface area (Å²) in [5.74, 6) is 0. The Labute approximate surface area is 153 Å². The topological polar surface area (TPSA) is 79.2 Å². The van der Waals surface area contributed by atoms with Gasteiger partial charge >= 0.3 is 0 Å². The summed E-state index contributed by atoms with van der Waals surface area (Å²) < 4.78 is 10.8. The number of hydrogen-bond donors (Lipinski definition) is 3. The van der Waals surface area contributed by atoms with Crippen molar-refractivity contribution < 1.29 is 24.8 Å². The third-order valence-corrected chi connectivity index (χ3v) is 4.81. The summed E-state index contributed by atoms with van der Waals surface area (Å²) in [4.78, 5) is 0. The number of allylic oxidation sites excluding steroid dienone is 1. The molecule has 0 aliphatic carbocycles. The molecule has 0 aromatic heterocycles. The number of ether oxygens (including phenoxy) is 2. The number of unbranched alkanes of at least 4 members (excludes halogenated alkanes) is 9. The molecule has 148 valence electrons. The summed E-state index contributed by atoms with van der Waals surface area (Å²) >= 11 is 0. The first kappa shape index (κ1) is 22.6. The molecule has 0 radical (unpaired) electrons. The van der Waals surface area contributed by atoms with Crippen LogP contribution in [0.5, 0.6) is 0 Å². The van der Waals surface area contributed by atoms with Crippen molar-refractivity contribution >= 4 is 0 Å². The highest BCUT2D eigenvalue weighted by Crippen LogP contribution is 2.17. The lowest BCUT2D eigenvalue weighted by Gasteiger charge is -2.36. The normalized spacial score (nSPS) is 27.2. The van der Waals surface area contributed by atoms with Crippen molar-refractivity contribution in [2.24, 2.45) is 0 Å². The highest BCUT2D eigenvalue weighted by molar-refractivity contribution is 4.89. The molecule has 4 atom stereocenters. The van der Waals surface area contributed by atoms with Crippen LogP contribution in [0.2, 0.25) is 0 Å². The van der Waals surface area contributed by atoms with Gasteiger partial charge in [0.25, 0.3) is 0 Å². The van der Waals surface area contributed by atoms with E-state index in [-0.39, 0.29) is 13.2 Å². The highest BCUT2D eigenvalue weighted by Gasteiger charge is 2.38. The first-order valence-corrected chi connectivity index (χ1v) is 10.1. The zero-order valence-corrected chi connectivity index (χ0v) is 15.8. The third kappa shape index (κ3) is 9.71. The van der Waals surface area contributed by atoms with Crippen molar-refractivity contribution in [2.75, 3.05) is 19.8 Å². The van der Waals surface area contributed by atoms with E-state index in [9.17, 15) is 10.2 Å². The molecular weight excluding hydrogens is 320 g/mol. The van der Waals surface area contributed by atoms with E-state index < -0.39 is 24.4 Å². The van der Waals surface area contributed by atoms with E-state index in [1.807, 2.05) is 6.08 Å². The van der Waals surface area contributed by atoms with E-state index in [2.05, 4.69) is 13.0 Å². The minimum Gasteiger partial charge on any atom is -0.394 e. The SMILES string of the molecule is CCCCCCCCCCC/C=C/CO[C@H]1CO[C@H](CO)[C@@H](O)[C@@H]1O. The maximum Gasteiger partial charge on any atom is 0.111 e. The Morgan fingerprint density at radius 2 is 1.56 bits per heavy atom. The van der Waals surface area contributed by atoms with Crippen LogP contribution in [-0.2, 0) is 9.47 Å². The van der Waals surface area contributed by atoms with Crippen LogP contribution < -0.4 is 0 Å². The molecular formula is C20H38O5. The molecule has 1 saturated heterocycles. The summed E-state index contributed by atoms with van der Waals surface area (Å²) in [5.41, 5.74) is 0. The van der Waals surface area contributed by atoms with Crippen molar-refractivity contribution in [1.29, 1.82) is 0 Å². The largest absolute Gasteiger partial charge is 0.394 e. The quantitative estimate of drug-likeness (QED) is 0.329. The maximum atomic E-state index is 9.94. The van der Waals surface area contributed by atoms with Gasteiger partial charge in [-0.2, -0.15) is 0 Å². The van der Waals surface area contributed by atoms with Gasteiger partial charge in [-0.25, -0.2) is 0 Å². The number of aliphatic hydroxyl groups is 3. The number of aliphatic hydroxyl groups excluding tert-OH is 3. The molecule has 0 aromatic rings. The van der Waals surface area contributed by atoms with Crippen LogP contribution in [0, 0.1) is 0 Å². The first-order valence-electron chi connectivity index (χ1n) is 10.1. The second kappa shape index (κ2) is 14.7. The molecule has 3 N–H and O–H groups in total. The van der Waals surface area contributed by atoms with Crippen LogP contribution in [0.15, 0.2) is 12.2 Å². The van der Waals surface area contributed by atoms with Crippen LogP contribution in [0.4, 0.5) is 0 Å². The molecule has 0 unspecified atom stereocenters. The zero-order chi connectivity index (χ0) is 18.3. The monoisotopic (exact) mass is 358 g/mol. The van der Waals surface area contributed by atoms with Crippen molar-refractivity contribution in [3.63, 3.8) is 0 Å². The Morgan fingerprint density at radius 3 is 2.20 bits per heavy atom. The molecule has 1 heterocycles. The molecule has 1 aliphatic rings. The van der Waals surface area contributed by atoms with Crippen molar-refractivity contribution in [3.05, 3.63) is 12.2 Å². The first-order chi connectivity index (χ1) is 12.2. The molecule has 5 heteroatoms. The van der Waals surface area contributed by atoms with Gasteiger partial charge in [0, 0.05) is 0 Å². The van der Waals surface area contributed by atoms with Crippen LogP contribution in [-0.4, -0.2) is 59.6 Å². The average Bonchev–Trinajstić information content (AvgIpc) is 2.62. The molecule has 0 amide bonds. The molecule has 1 aliphatic heterocycles. The lowest BCUT2D eigenvalue weighted by molar-refractivity contribution is -0.205. The van der Waals surface area contributed by atoms with Gasteiger partial charge in [0.2, 0.25) is 0 Å². The molecule has 0 aromatic carbocycles. The summed E-state index contributed by atoms with van der Waals surface area (Å²) in [6, 6.07) is 0. The number of hydrogen-bond acceptors (Lipinski definition) is 5. The Kier molecular flexibility index (Phi) is 13.3. The lowest BCUT2D eigenvalue weighted by atomic mass is 10.0. The van der Waals surface area contributed by atoms with E-state index in [4.69, 9.17) is 14.6 Å². The summed E-state index contributed by atoms with van der Waals surface area (Å²) in [6.45, 7) is 2.54. The van der Waals surface area contributed by atoms with Crippen molar-refractivity contribution in [3.8, 4) is 0 Å². The molecule has 1 rings (SSSR count). The second-order valence-corrected chi connectivity index (χ2v) is 7.00.